The van der Waals surface area contributed by atoms with Crippen molar-refractivity contribution >= 4 is 11.8 Å². The van der Waals surface area contributed by atoms with E-state index >= 15 is 0 Å². The fourth-order valence-electron chi connectivity index (χ4n) is 2.15. The van der Waals surface area contributed by atoms with E-state index in [0.717, 1.165) is 11.3 Å². The lowest BCUT2D eigenvalue weighted by atomic mass is 9.87. The van der Waals surface area contributed by atoms with Crippen molar-refractivity contribution in [1.82, 2.24) is 10.2 Å². The summed E-state index contributed by atoms with van der Waals surface area (Å²) < 4.78 is 0. The first-order chi connectivity index (χ1) is 8.95. The van der Waals surface area contributed by atoms with Gasteiger partial charge in [0.1, 0.15) is 11.6 Å². The van der Waals surface area contributed by atoms with Gasteiger partial charge in [-0.2, -0.15) is 10.4 Å². The number of nitrogens with zero attached hydrogens (tertiary/aromatic N) is 4. The highest BCUT2D eigenvalue weighted by atomic mass is 16.4. The third kappa shape index (κ3) is 2.24. The summed E-state index contributed by atoms with van der Waals surface area (Å²) in [6.07, 6.45) is 0. The van der Waals surface area contributed by atoms with Crippen LogP contribution >= 0.6 is 0 Å². The van der Waals surface area contributed by atoms with Gasteiger partial charge in [-0.1, -0.05) is 6.92 Å². The molecular formula is C13H16N4O2. The number of nitriles is 1. The number of hydrogen-bond acceptors (Lipinski definition) is 5. The van der Waals surface area contributed by atoms with Gasteiger partial charge in [-0.3, -0.25) is 4.79 Å². The van der Waals surface area contributed by atoms with Crippen molar-refractivity contribution in [1.29, 1.82) is 5.26 Å². The molecule has 0 saturated carbocycles. The Balaban J connectivity index is 2.17. The zero-order chi connectivity index (χ0) is 14.2. The van der Waals surface area contributed by atoms with Crippen LogP contribution in [0.3, 0.4) is 0 Å². The molecule has 0 spiro atoms. The molecule has 0 bridgehead atoms. The van der Waals surface area contributed by atoms with Gasteiger partial charge in [0.25, 0.3) is 0 Å². The highest BCUT2D eigenvalue weighted by molar-refractivity contribution is 5.71. The van der Waals surface area contributed by atoms with E-state index in [2.05, 4.69) is 16.3 Å². The molecule has 0 aromatic carbocycles. The first kappa shape index (κ1) is 13.3. The Bertz CT molecular complexity index is 558. The van der Waals surface area contributed by atoms with Gasteiger partial charge in [-0.15, -0.1) is 5.10 Å². The maximum atomic E-state index is 10.9. The Hall–Kier alpha value is -2.16. The molecule has 6 heteroatoms. The minimum absolute atomic E-state index is 0.104. The summed E-state index contributed by atoms with van der Waals surface area (Å²) in [6, 6.07) is 2.16. The van der Waals surface area contributed by atoms with E-state index in [1.807, 2.05) is 18.7 Å². The smallest absolute Gasteiger partial charge is 0.306 e. The molecule has 1 saturated heterocycles. The standard InChI is InChI=1S/C13H16N4O2/c1-7-9(3)15-16-12(11(7)4-14)17-5-10(6-17)8(2)13(18)19/h8,10H,5-6H2,1-3H3,(H,18,19). The third-order valence-electron chi connectivity index (χ3n) is 3.85. The molecule has 2 heterocycles. The molecule has 100 valence electrons. The number of carboxylic acids is 1. The van der Waals surface area contributed by atoms with Gasteiger partial charge in [0, 0.05) is 19.0 Å². The van der Waals surface area contributed by atoms with E-state index < -0.39 is 5.97 Å². The Labute approximate surface area is 111 Å². The third-order valence-corrected chi connectivity index (χ3v) is 3.85. The first-order valence-corrected chi connectivity index (χ1v) is 6.17. The van der Waals surface area contributed by atoms with Gasteiger partial charge in [0.2, 0.25) is 0 Å². The van der Waals surface area contributed by atoms with Crippen molar-refractivity contribution in [2.24, 2.45) is 11.8 Å². The largest absolute Gasteiger partial charge is 0.481 e. The number of hydrogen-bond donors (Lipinski definition) is 1. The Morgan fingerprint density at radius 1 is 1.47 bits per heavy atom. The lowest BCUT2D eigenvalue weighted by Crippen LogP contribution is -2.51. The van der Waals surface area contributed by atoms with Crippen LogP contribution in [0.1, 0.15) is 23.7 Å². The fraction of sp³-hybridized carbons (Fsp3) is 0.538. The summed E-state index contributed by atoms with van der Waals surface area (Å²) in [7, 11) is 0. The predicted octanol–water partition coefficient (Wildman–Crippen LogP) is 1.12. The maximum Gasteiger partial charge on any atom is 0.306 e. The van der Waals surface area contributed by atoms with Crippen LogP contribution in [0.15, 0.2) is 0 Å². The van der Waals surface area contributed by atoms with Crippen LogP contribution in [0.4, 0.5) is 5.82 Å². The van der Waals surface area contributed by atoms with Gasteiger partial charge in [0.15, 0.2) is 5.82 Å². The normalized spacial score (nSPS) is 16.6. The van der Waals surface area contributed by atoms with Crippen LogP contribution in [0.25, 0.3) is 0 Å². The molecular weight excluding hydrogens is 244 g/mol. The monoisotopic (exact) mass is 260 g/mol. The molecule has 1 aromatic rings. The summed E-state index contributed by atoms with van der Waals surface area (Å²) in [5.41, 5.74) is 2.12. The van der Waals surface area contributed by atoms with Gasteiger partial charge in [0.05, 0.1) is 11.6 Å². The molecule has 0 aliphatic carbocycles. The fourth-order valence-corrected chi connectivity index (χ4v) is 2.15. The van der Waals surface area contributed by atoms with E-state index in [-0.39, 0.29) is 11.8 Å². The van der Waals surface area contributed by atoms with E-state index in [4.69, 9.17) is 5.11 Å². The van der Waals surface area contributed by atoms with Gasteiger partial charge in [-0.05, 0) is 19.4 Å². The number of aromatic nitrogens is 2. The second-order valence-corrected chi connectivity index (χ2v) is 5.01. The number of carboxylic acid groups (broad SMARTS) is 1. The van der Waals surface area contributed by atoms with Crippen LogP contribution in [0, 0.1) is 37.0 Å². The Kier molecular flexibility index (Phi) is 3.38. The van der Waals surface area contributed by atoms with Crippen molar-refractivity contribution in [3.63, 3.8) is 0 Å². The first-order valence-electron chi connectivity index (χ1n) is 6.17. The van der Waals surface area contributed by atoms with Gasteiger partial charge < -0.3 is 10.0 Å². The molecule has 6 nitrogen and oxygen atoms in total. The summed E-state index contributed by atoms with van der Waals surface area (Å²) >= 11 is 0. The summed E-state index contributed by atoms with van der Waals surface area (Å²) in [5.74, 6) is -0.482. The maximum absolute atomic E-state index is 10.9. The Morgan fingerprint density at radius 2 is 2.11 bits per heavy atom. The molecule has 19 heavy (non-hydrogen) atoms. The minimum Gasteiger partial charge on any atom is -0.481 e. The average molecular weight is 260 g/mol. The molecule has 0 radical (unpaired) electrons. The van der Waals surface area contributed by atoms with E-state index in [1.54, 1.807) is 6.92 Å². The van der Waals surface area contributed by atoms with Crippen molar-refractivity contribution in [2.45, 2.75) is 20.8 Å². The molecule has 2 rings (SSSR count). The summed E-state index contributed by atoms with van der Waals surface area (Å²) in [4.78, 5) is 12.8. The van der Waals surface area contributed by atoms with Gasteiger partial charge in [-0.25, -0.2) is 0 Å². The Morgan fingerprint density at radius 3 is 2.63 bits per heavy atom. The summed E-state index contributed by atoms with van der Waals surface area (Å²) in [6.45, 7) is 6.60. The molecule has 1 aromatic heterocycles. The zero-order valence-electron chi connectivity index (χ0n) is 11.2. The SMILES string of the molecule is Cc1nnc(N2CC(C(C)C(=O)O)C2)c(C#N)c1C. The number of carbonyl (C=O) groups is 1. The molecule has 0 amide bonds. The van der Waals surface area contributed by atoms with E-state index in [0.29, 0.717) is 24.5 Å². The zero-order valence-corrected chi connectivity index (χ0v) is 11.2. The van der Waals surface area contributed by atoms with Crippen LogP contribution in [0.5, 0.6) is 0 Å². The second kappa shape index (κ2) is 4.84. The van der Waals surface area contributed by atoms with Crippen LogP contribution in [0.2, 0.25) is 0 Å². The van der Waals surface area contributed by atoms with Crippen LogP contribution in [-0.2, 0) is 4.79 Å². The summed E-state index contributed by atoms with van der Waals surface area (Å²) in [5, 5.41) is 26.3. The van der Waals surface area contributed by atoms with Crippen molar-refractivity contribution in [3.8, 4) is 6.07 Å². The number of aryl methyl sites for hydroxylation is 1. The van der Waals surface area contributed by atoms with Gasteiger partial charge >= 0.3 is 5.97 Å². The molecule has 1 unspecified atom stereocenters. The lowest BCUT2D eigenvalue weighted by Gasteiger charge is -2.42. The number of aliphatic carboxylic acids is 1. The van der Waals surface area contributed by atoms with E-state index in [1.165, 1.54) is 0 Å². The average Bonchev–Trinajstić information content (AvgIpc) is 2.31. The highest BCUT2D eigenvalue weighted by Crippen LogP contribution is 2.31. The molecule has 1 N–H and O–H groups in total. The minimum atomic E-state index is -0.781. The predicted molar refractivity (Wildman–Crippen MR) is 68.7 cm³/mol. The van der Waals surface area contributed by atoms with Crippen molar-refractivity contribution < 1.29 is 9.90 Å². The van der Waals surface area contributed by atoms with E-state index in [9.17, 15) is 10.1 Å². The van der Waals surface area contributed by atoms with Crippen molar-refractivity contribution in [3.05, 3.63) is 16.8 Å². The van der Waals surface area contributed by atoms with Crippen LogP contribution < -0.4 is 4.90 Å². The molecule has 1 aliphatic rings. The second-order valence-electron chi connectivity index (χ2n) is 5.01. The number of anilines is 1. The molecule has 1 aliphatic heterocycles. The van der Waals surface area contributed by atoms with Crippen LogP contribution in [-0.4, -0.2) is 34.4 Å². The van der Waals surface area contributed by atoms with Crippen molar-refractivity contribution in [2.75, 3.05) is 18.0 Å². The highest BCUT2D eigenvalue weighted by Gasteiger charge is 2.36. The lowest BCUT2D eigenvalue weighted by molar-refractivity contribution is -0.143. The molecule has 1 atom stereocenters. The number of rotatable bonds is 3. The molecule has 1 fully saturated rings. The quantitative estimate of drug-likeness (QED) is 0.875. The topological polar surface area (TPSA) is 90.1 Å².